The number of halogens is 1. The van der Waals surface area contributed by atoms with Crippen molar-refractivity contribution in [3.63, 3.8) is 0 Å². The summed E-state index contributed by atoms with van der Waals surface area (Å²) < 4.78 is 6.11. The third kappa shape index (κ3) is 4.64. The molecule has 1 aliphatic heterocycles. The summed E-state index contributed by atoms with van der Waals surface area (Å²) in [6.45, 7) is 2.39. The second-order valence-corrected chi connectivity index (χ2v) is 8.29. The standard InChI is InChI=1S/C24H18BrN3O4S/c1-2-32-20-11-10-14(12-19(20)25)21(29)27-24(33)26-15-6-5-7-16(13-15)28-22(30)17-8-3-4-9-18(17)23(28)31/h3-13H,2H2,1H3,(H2,26,27,29,33). The molecule has 0 atom stereocenters. The molecule has 0 fully saturated rings. The van der Waals surface area contributed by atoms with Gasteiger partial charge in [-0.15, -0.1) is 0 Å². The maximum atomic E-state index is 12.7. The van der Waals surface area contributed by atoms with Crippen LogP contribution in [0, 0.1) is 0 Å². The van der Waals surface area contributed by atoms with Crippen LogP contribution in [0.2, 0.25) is 0 Å². The number of nitrogens with one attached hydrogen (secondary N) is 2. The summed E-state index contributed by atoms with van der Waals surface area (Å²) in [5, 5.41) is 5.61. The largest absolute Gasteiger partial charge is 0.493 e. The Kier molecular flexibility index (Phi) is 6.52. The number of anilines is 2. The zero-order valence-corrected chi connectivity index (χ0v) is 19.8. The smallest absolute Gasteiger partial charge is 0.266 e. The molecule has 166 valence electrons. The molecule has 0 spiro atoms. The topological polar surface area (TPSA) is 87.7 Å². The lowest BCUT2D eigenvalue weighted by Gasteiger charge is -2.16. The van der Waals surface area contributed by atoms with Gasteiger partial charge >= 0.3 is 0 Å². The number of hydrogen-bond acceptors (Lipinski definition) is 5. The number of thiocarbonyl (C=S) groups is 1. The molecule has 0 bridgehead atoms. The molecule has 0 aliphatic carbocycles. The average molecular weight is 524 g/mol. The molecular weight excluding hydrogens is 506 g/mol. The predicted octanol–water partition coefficient (Wildman–Crippen LogP) is 4.78. The minimum atomic E-state index is -0.396. The summed E-state index contributed by atoms with van der Waals surface area (Å²) in [6.07, 6.45) is 0. The average Bonchev–Trinajstić information content (AvgIpc) is 3.05. The van der Waals surface area contributed by atoms with Crippen LogP contribution < -0.4 is 20.3 Å². The Morgan fingerprint density at radius 2 is 1.70 bits per heavy atom. The SMILES string of the molecule is CCOc1ccc(C(=O)NC(=S)Nc2cccc(N3C(=O)c4ccccc4C3=O)c2)cc1Br. The van der Waals surface area contributed by atoms with Gasteiger partial charge < -0.3 is 10.1 Å². The first kappa shape index (κ1) is 22.6. The van der Waals surface area contributed by atoms with Crippen LogP contribution in [0.5, 0.6) is 5.75 Å². The van der Waals surface area contributed by atoms with Gasteiger partial charge in [0.05, 0.1) is 27.9 Å². The van der Waals surface area contributed by atoms with Gasteiger partial charge in [-0.05, 0) is 83.6 Å². The monoisotopic (exact) mass is 523 g/mol. The summed E-state index contributed by atoms with van der Waals surface area (Å²) in [4.78, 5) is 39.1. The minimum absolute atomic E-state index is 0.0736. The molecular formula is C24H18BrN3O4S. The number of amides is 3. The van der Waals surface area contributed by atoms with Gasteiger partial charge in [0.1, 0.15) is 5.75 Å². The van der Waals surface area contributed by atoms with Gasteiger partial charge in [0.2, 0.25) is 0 Å². The predicted molar refractivity (Wildman–Crippen MR) is 133 cm³/mol. The van der Waals surface area contributed by atoms with Crippen molar-refractivity contribution in [1.29, 1.82) is 0 Å². The molecule has 33 heavy (non-hydrogen) atoms. The zero-order chi connectivity index (χ0) is 23.5. The second-order valence-electron chi connectivity index (χ2n) is 7.03. The lowest BCUT2D eigenvalue weighted by atomic mass is 10.1. The Balaban J connectivity index is 1.45. The van der Waals surface area contributed by atoms with E-state index in [1.165, 1.54) is 0 Å². The van der Waals surface area contributed by atoms with E-state index in [9.17, 15) is 14.4 Å². The highest BCUT2D eigenvalue weighted by atomic mass is 79.9. The van der Waals surface area contributed by atoms with E-state index in [-0.39, 0.29) is 16.9 Å². The number of imide groups is 1. The maximum Gasteiger partial charge on any atom is 0.266 e. The minimum Gasteiger partial charge on any atom is -0.493 e. The first-order valence-corrected chi connectivity index (χ1v) is 11.2. The summed E-state index contributed by atoms with van der Waals surface area (Å²) in [7, 11) is 0. The van der Waals surface area contributed by atoms with Gasteiger partial charge in [0.15, 0.2) is 5.11 Å². The molecule has 1 heterocycles. The van der Waals surface area contributed by atoms with Crippen molar-refractivity contribution in [2.45, 2.75) is 6.92 Å². The number of nitrogens with zero attached hydrogens (tertiary/aromatic N) is 1. The number of carbonyl (C=O) groups is 3. The fourth-order valence-electron chi connectivity index (χ4n) is 3.40. The van der Waals surface area contributed by atoms with Crippen molar-refractivity contribution in [2.24, 2.45) is 0 Å². The fraction of sp³-hybridized carbons (Fsp3) is 0.0833. The number of carbonyl (C=O) groups excluding carboxylic acids is 3. The number of benzene rings is 3. The highest BCUT2D eigenvalue weighted by molar-refractivity contribution is 9.10. The van der Waals surface area contributed by atoms with Crippen molar-refractivity contribution in [3.8, 4) is 5.75 Å². The molecule has 7 nitrogen and oxygen atoms in total. The Labute approximate surface area is 203 Å². The molecule has 0 saturated heterocycles. The molecule has 3 aromatic carbocycles. The molecule has 3 amide bonds. The fourth-order valence-corrected chi connectivity index (χ4v) is 4.10. The quantitative estimate of drug-likeness (QED) is 0.369. The molecule has 2 N–H and O–H groups in total. The lowest BCUT2D eigenvalue weighted by molar-refractivity contribution is 0.0923. The number of ether oxygens (including phenoxy) is 1. The Morgan fingerprint density at radius 1 is 1.00 bits per heavy atom. The highest BCUT2D eigenvalue weighted by Gasteiger charge is 2.36. The van der Waals surface area contributed by atoms with Crippen LogP contribution in [0.15, 0.2) is 71.2 Å². The molecule has 0 saturated carbocycles. The third-order valence-corrected chi connectivity index (χ3v) is 5.70. The molecule has 9 heteroatoms. The van der Waals surface area contributed by atoms with E-state index in [4.69, 9.17) is 17.0 Å². The molecule has 1 aliphatic rings. The van der Waals surface area contributed by atoms with E-state index in [1.807, 2.05) is 6.92 Å². The van der Waals surface area contributed by atoms with Crippen molar-refractivity contribution in [3.05, 3.63) is 87.9 Å². The van der Waals surface area contributed by atoms with Crippen molar-refractivity contribution in [1.82, 2.24) is 5.32 Å². The van der Waals surface area contributed by atoms with E-state index in [2.05, 4.69) is 26.6 Å². The molecule has 0 radical (unpaired) electrons. The Morgan fingerprint density at radius 3 is 2.33 bits per heavy atom. The first-order valence-electron chi connectivity index (χ1n) is 10.0. The van der Waals surface area contributed by atoms with E-state index in [0.29, 0.717) is 44.9 Å². The molecule has 3 aromatic rings. The normalized spacial score (nSPS) is 12.4. The van der Waals surface area contributed by atoms with Crippen LogP contribution in [0.1, 0.15) is 38.0 Å². The number of hydrogen-bond donors (Lipinski definition) is 2. The van der Waals surface area contributed by atoms with Crippen LogP contribution in [0.3, 0.4) is 0 Å². The summed E-state index contributed by atoms with van der Waals surface area (Å²) in [6, 6.07) is 18.4. The molecule has 4 rings (SSSR count). The van der Waals surface area contributed by atoms with E-state index in [0.717, 1.165) is 4.90 Å². The molecule has 0 unspecified atom stereocenters. The van der Waals surface area contributed by atoms with Crippen LogP contribution in [-0.4, -0.2) is 29.4 Å². The van der Waals surface area contributed by atoms with Gasteiger partial charge in [-0.2, -0.15) is 0 Å². The zero-order valence-electron chi connectivity index (χ0n) is 17.4. The van der Waals surface area contributed by atoms with Crippen LogP contribution in [-0.2, 0) is 0 Å². The Hall–Kier alpha value is -3.56. The van der Waals surface area contributed by atoms with Crippen LogP contribution >= 0.6 is 28.1 Å². The Bertz CT molecular complexity index is 1260. The van der Waals surface area contributed by atoms with Gasteiger partial charge in [0, 0.05) is 11.3 Å². The van der Waals surface area contributed by atoms with Crippen LogP contribution in [0.25, 0.3) is 0 Å². The maximum absolute atomic E-state index is 12.7. The third-order valence-electron chi connectivity index (χ3n) is 4.88. The number of fused-ring (bicyclic) bond motifs is 1. The van der Waals surface area contributed by atoms with Crippen molar-refractivity contribution < 1.29 is 19.1 Å². The van der Waals surface area contributed by atoms with Gasteiger partial charge in [-0.1, -0.05) is 18.2 Å². The van der Waals surface area contributed by atoms with Crippen molar-refractivity contribution >= 4 is 62.4 Å². The second kappa shape index (κ2) is 9.51. The van der Waals surface area contributed by atoms with E-state index in [1.54, 1.807) is 66.7 Å². The summed E-state index contributed by atoms with van der Waals surface area (Å²) in [5.74, 6) is -0.526. The number of rotatable bonds is 5. The van der Waals surface area contributed by atoms with E-state index < -0.39 is 5.91 Å². The summed E-state index contributed by atoms with van der Waals surface area (Å²) in [5.41, 5.74) is 2.04. The van der Waals surface area contributed by atoms with Crippen LogP contribution in [0.4, 0.5) is 11.4 Å². The van der Waals surface area contributed by atoms with Gasteiger partial charge in [0.25, 0.3) is 17.7 Å². The summed E-state index contributed by atoms with van der Waals surface area (Å²) >= 11 is 8.65. The van der Waals surface area contributed by atoms with E-state index >= 15 is 0 Å². The van der Waals surface area contributed by atoms with Gasteiger partial charge in [-0.3, -0.25) is 19.7 Å². The highest BCUT2D eigenvalue weighted by Crippen LogP contribution is 2.30. The van der Waals surface area contributed by atoms with Gasteiger partial charge in [-0.25, -0.2) is 4.90 Å². The first-order chi connectivity index (χ1) is 15.9. The van der Waals surface area contributed by atoms with Crippen molar-refractivity contribution in [2.75, 3.05) is 16.8 Å². The molecule has 0 aromatic heterocycles. The lowest BCUT2D eigenvalue weighted by Crippen LogP contribution is -2.34.